The minimum Gasteiger partial charge on any atom is -0.309 e. The van der Waals surface area contributed by atoms with Crippen LogP contribution in [0.3, 0.4) is 0 Å². The molecule has 7 aromatic heterocycles. The number of thiophene rings is 1. The maximum atomic E-state index is 5.17. The van der Waals surface area contributed by atoms with Gasteiger partial charge >= 0.3 is 0 Å². The summed E-state index contributed by atoms with van der Waals surface area (Å²) < 4.78 is 17.3. The monoisotopic (exact) mass is 1490 g/mol. The molecule has 115 heavy (non-hydrogen) atoms. The molecule has 7 nitrogen and oxygen atoms in total. The summed E-state index contributed by atoms with van der Waals surface area (Å²) in [6, 6.07) is 131. The molecule has 8 heteroatoms. The highest BCUT2D eigenvalue weighted by atomic mass is 32.1. The number of fused-ring (bicyclic) bond motifs is 21. The summed E-state index contributed by atoms with van der Waals surface area (Å²) in [7, 11) is 1.94. The van der Waals surface area contributed by atoms with Crippen molar-refractivity contribution in [3.63, 3.8) is 0 Å². The van der Waals surface area contributed by atoms with Gasteiger partial charge in [-0.1, -0.05) is 200 Å². The van der Waals surface area contributed by atoms with Gasteiger partial charge in [-0.3, -0.25) is 4.99 Å². The Kier molecular flexibility index (Phi) is 14.1. The Balaban J connectivity index is 0.747. The highest BCUT2D eigenvalue weighted by Crippen LogP contribution is 2.55. The lowest BCUT2D eigenvalue weighted by molar-refractivity contribution is 1.17. The smallest absolute Gasteiger partial charge is 0.0548 e. The largest absolute Gasteiger partial charge is 0.309 e. The van der Waals surface area contributed by atoms with Gasteiger partial charge in [0.05, 0.1) is 66.2 Å². The van der Waals surface area contributed by atoms with Gasteiger partial charge in [0.2, 0.25) is 0 Å². The molecule has 24 aromatic rings. The van der Waals surface area contributed by atoms with Crippen LogP contribution in [0.4, 0.5) is 0 Å². The van der Waals surface area contributed by atoms with Gasteiger partial charge in [0.1, 0.15) is 0 Å². The number of aryl methyl sites for hydroxylation is 3. The van der Waals surface area contributed by atoms with Gasteiger partial charge in [-0.25, -0.2) is 0 Å². The minimum atomic E-state index is 1.08. The lowest BCUT2D eigenvalue weighted by Crippen LogP contribution is -2.03. The van der Waals surface area contributed by atoms with E-state index in [1.165, 1.54) is 157 Å². The number of para-hydroxylation sites is 9. The van der Waals surface area contributed by atoms with Crippen molar-refractivity contribution in [3.8, 4) is 67.5 Å². The topological polar surface area (TPSA) is 41.9 Å². The fourth-order valence-corrected chi connectivity index (χ4v) is 21.2. The molecule has 0 amide bonds. The zero-order chi connectivity index (χ0) is 76.0. The zero-order valence-electron chi connectivity index (χ0n) is 63.6. The first-order chi connectivity index (χ1) is 56.8. The van der Waals surface area contributed by atoms with E-state index in [1.54, 1.807) is 0 Å². The average molecular weight is 1490 g/mol. The average Bonchev–Trinajstić information content (AvgIpc) is 1.65. The third-order valence-corrected chi connectivity index (χ3v) is 26.0. The molecule has 0 aliphatic heterocycles. The van der Waals surface area contributed by atoms with Crippen LogP contribution in [0, 0.1) is 20.8 Å². The van der Waals surface area contributed by atoms with E-state index in [9.17, 15) is 0 Å². The number of rotatable bonds is 10. The van der Waals surface area contributed by atoms with E-state index < -0.39 is 0 Å². The summed E-state index contributed by atoms with van der Waals surface area (Å²) in [6.45, 7) is 6.98. The molecule has 0 fully saturated rings. The molecule has 17 aromatic carbocycles. The van der Waals surface area contributed by atoms with Gasteiger partial charge in [0.25, 0.3) is 0 Å². The SMILES string of the molecule is CN=Cc1c(-c2ccc(-n3c4ccccc4c4cc5c(cc43)c3ccccc3n5-c3ccccc3)cc2C)c(-c2ccc(-n3c4ccccc4c4cc5c(cc43)c3ccccc3n5-c3ccccc3)cc2C)c2c(sc3ccccc32)c1-c1ccc(-n2c3ccccc3c3cc4c(cc32)c2ccccc2n4-c2ccccc2)cc1C. The third kappa shape index (κ3) is 9.43. The van der Waals surface area contributed by atoms with E-state index in [1.807, 2.05) is 18.4 Å². The summed E-state index contributed by atoms with van der Waals surface area (Å²) in [6.07, 6.45) is 2.17. The second-order valence-electron chi connectivity index (χ2n) is 31.0. The molecule has 0 spiro atoms. The molecule has 0 radical (unpaired) electrons. The van der Waals surface area contributed by atoms with E-state index >= 15 is 0 Å². The third-order valence-electron chi connectivity index (χ3n) is 24.8. The zero-order valence-corrected chi connectivity index (χ0v) is 64.4. The van der Waals surface area contributed by atoms with E-state index in [2.05, 4.69) is 406 Å². The van der Waals surface area contributed by atoms with Gasteiger partial charge in [0, 0.05) is 143 Å². The van der Waals surface area contributed by atoms with Crippen molar-refractivity contribution in [1.29, 1.82) is 0 Å². The van der Waals surface area contributed by atoms with E-state index in [4.69, 9.17) is 4.99 Å². The summed E-state index contributed by atoms with van der Waals surface area (Å²) in [5, 5.41) is 17.1. The molecule has 0 atom stereocenters. The van der Waals surface area contributed by atoms with Crippen LogP contribution < -0.4 is 0 Å². The van der Waals surface area contributed by atoms with Crippen molar-refractivity contribution in [2.24, 2.45) is 4.99 Å². The van der Waals surface area contributed by atoms with Crippen LogP contribution in [0.25, 0.3) is 219 Å². The fraction of sp³-hybridized carbons (Fsp3) is 0.0374. The first-order valence-corrected chi connectivity index (χ1v) is 40.4. The molecule has 0 unspecified atom stereocenters. The molecular weight excluding hydrogens is 1420 g/mol. The van der Waals surface area contributed by atoms with Crippen LogP contribution >= 0.6 is 11.3 Å². The van der Waals surface area contributed by atoms with Crippen LogP contribution in [-0.2, 0) is 0 Å². The molecule has 0 N–H and O–H groups in total. The number of hydrogen-bond donors (Lipinski definition) is 0. The van der Waals surface area contributed by atoms with Gasteiger partial charge in [-0.05, 0) is 217 Å². The molecule has 24 rings (SSSR count). The summed E-state index contributed by atoms with van der Waals surface area (Å²) in [4.78, 5) is 5.17. The molecule has 0 aliphatic carbocycles. The van der Waals surface area contributed by atoms with Gasteiger partial charge < -0.3 is 27.4 Å². The maximum Gasteiger partial charge on any atom is 0.0548 e. The lowest BCUT2D eigenvalue weighted by atomic mass is 9.80. The quantitative estimate of drug-likeness (QED) is 0.123. The second-order valence-corrected chi connectivity index (χ2v) is 32.1. The maximum absolute atomic E-state index is 5.17. The fourth-order valence-electron chi connectivity index (χ4n) is 19.9. The normalized spacial score (nSPS) is 12.3. The standard InChI is InChI=1S/C107H71N7S/c1-64-54-70(112-93-44-24-17-37-79(93)86-57-96-83(60-99(86)112)76-34-14-21-41-90(76)109(96)67-28-8-5-9-29-67)48-51-73(64)103-89(63-108-4)104(74-52-49-71(55-65(74)2)113-94-45-25-18-38-80(94)87-58-97-84(61-100(87)113)77-35-15-22-42-91(77)110(97)68-30-10-6-11-31-68)107-106(82-40-20-27-47-102(82)115-107)105(103)75-53-50-72(56-66(75)3)114-95-46-26-19-39-81(95)88-59-98-85(62-101(88)114)78-36-16-23-43-92(78)111(98)69-32-12-7-13-33-69/h5-63H,1-4H3. The van der Waals surface area contributed by atoms with Crippen LogP contribution in [0.15, 0.2) is 357 Å². The molecule has 0 bridgehead atoms. The van der Waals surface area contributed by atoms with Gasteiger partial charge in [-0.15, -0.1) is 11.3 Å². The van der Waals surface area contributed by atoms with Gasteiger partial charge in [-0.2, -0.15) is 0 Å². The predicted octanol–water partition coefficient (Wildman–Crippen LogP) is 28.6. The Morgan fingerprint density at radius 3 is 0.791 bits per heavy atom. The van der Waals surface area contributed by atoms with Crippen LogP contribution in [0.5, 0.6) is 0 Å². The van der Waals surface area contributed by atoms with E-state index in [0.717, 1.165) is 84.0 Å². The van der Waals surface area contributed by atoms with Crippen LogP contribution in [-0.4, -0.2) is 40.7 Å². The van der Waals surface area contributed by atoms with Crippen LogP contribution in [0.1, 0.15) is 22.3 Å². The number of aromatic nitrogens is 6. The van der Waals surface area contributed by atoms with Crippen molar-refractivity contribution in [3.05, 3.63) is 374 Å². The Labute approximate surface area is 665 Å². The first kappa shape index (κ1) is 65.2. The van der Waals surface area contributed by atoms with E-state index in [0.29, 0.717) is 0 Å². The minimum absolute atomic E-state index is 1.08. The molecular formula is C107H71N7S. The van der Waals surface area contributed by atoms with Crippen LogP contribution in [0.2, 0.25) is 0 Å². The Morgan fingerprint density at radius 2 is 0.487 bits per heavy atom. The first-order valence-electron chi connectivity index (χ1n) is 39.6. The Morgan fingerprint density at radius 1 is 0.226 bits per heavy atom. The molecule has 540 valence electrons. The molecule has 7 heterocycles. The van der Waals surface area contributed by atoms with Crippen molar-refractivity contribution < 1.29 is 0 Å². The molecule has 0 saturated carbocycles. The van der Waals surface area contributed by atoms with Crippen molar-refractivity contribution >= 4 is 169 Å². The Bertz CT molecular complexity index is 8320. The number of aliphatic imine (C=N–C) groups is 1. The lowest BCUT2D eigenvalue weighted by Gasteiger charge is -2.24. The summed E-state index contributed by atoms with van der Waals surface area (Å²) in [5.74, 6) is 0. The summed E-state index contributed by atoms with van der Waals surface area (Å²) in [5.41, 5.74) is 32.4. The Hall–Kier alpha value is -14.6. The van der Waals surface area contributed by atoms with Gasteiger partial charge in [0.15, 0.2) is 0 Å². The number of hydrogen-bond acceptors (Lipinski definition) is 2. The highest BCUT2D eigenvalue weighted by molar-refractivity contribution is 7.26. The van der Waals surface area contributed by atoms with Crippen molar-refractivity contribution in [2.45, 2.75) is 20.8 Å². The second kappa shape index (κ2) is 25.0. The van der Waals surface area contributed by atoms with Crippen molar-refractivity contribution in [2.75, 3.05) is 7.05 Å². The van der Waals surface area contributed by atoms with Crippen molar-refractivity contribution in [1.82, 2.24) is 27.4 Å². The molecule has 0 aliphatic rings. The summed E-state index contributed by atoms with van der Waals surface area (Å²) >= 11 is 1.89. The number of nitrogens with zero attached hydrogens (tertiary/aromatic N) is 7. The number of benzene rings is 17. The highest BCUT2D eigenvalue weighted by Gasteiger charge is 2.30. The molecule has 0 saturated heterocycles. The predicted molar refractivity (Wildman–Crippen MR) is 489 cm³/mol. The van der Waals surface area contributed by atoms with E-state index in [-0.39, 0.29) is 0 Å².